The summed E-state index contributed by atoms with van der Waals surface area (Å²) < 4.78 is 1.36. The van der Waals surface area contributed by atoms with Gasteiger partial charge in [-0.3, -0.25) is 14.0 Å². The van der Waals surface area contributed by atoms with Crippen molar-refractivity contribution in [2.75, 3.05) is 7.05 Å². The third-order valence-electron chi connectivity index (χ3n) is 1.81. The summed E-state index contributed by atoms with van der Waals surface area (Å²) in [7, 11) is 1.48. The summed E-state index contributed by atoms with van der Waals surface area (Å²) in [4.78, 5) is 27.5. The molecule has 0 aromatic carbocycles. The van der Waals surface area contributed by atoms with Gasteiger partial charge in [0.15, 0.2) is 4.96 Å². The molecular weight excluding hydrogens is 202 g/mol. The fraction of sp³-hybridized carbons (Fsp3) is 0.125. The summed E-state index contributed by atoms with van der Waals surface area (Å²) in [6, 6.07) is 0. The fourth-order valence-corrected chi connectivity index (χ4v) is 1.79. The van der Waals surface area contributed by atoms with Crippen LogP contribution in [0, 0.1) is 0 Å². The molecule has 0 aliphatic carbocycles. The van der Waals surface area contributed by atoms with Gasteiger partial charge in [-0.25, -0.2) is 4.98 Å². The van der Waals surface area contributed by atoms with Crippen LogP contribution in [-0.4, -0.2) is 22.3 Å². The number of fused-ring (bicyclic) bond motifs is 1. The molecular formula is C8H7N3O2S. The molecule has 0 spiro atoms. The highest BCUT2D eigenvalue weighted by molar-refractivity contribution is 7.15. The molecule has 5 nitrogen and oxygen atoms in total. The summed E-state index contributed by atoms with van der Waals surface area (Å²) >= 11 is 1.35. The highest BCUT2D eigenvalue weighted by Crippen LogP contribution is 2.05. The zero-order valence-corrected chi connectivity index (χ0v) is 8.17. The van der Waals surface area contributed by atoms with Crippen LogP contribution in [0.4, 0.5) is 0 Å². The van der Waals surface area contributed by atoms with Crippen LogP contribution >= 0.6 is 11.3 Å². The van der Waals surface area contributed by atoms with Crippen LogP contribution in [0.3, 0.4) is 0 Å². The molecule has 2 aromatic heterocycles. The van der Waals surface area contributed by atoms with Gasteiger partial charge in [-0.1, -0.05) is 0 Å². The van der Waals surface area contributed by atoms with E-state index in [0.717, 1.165) is 0 Å². The van der Waals surface area contributed by atoms with Crippen molar-refractivity contribution in [2.45, 2.75) is 0 Å². The summed E-state index contributed by atoms with van der Waals surface area (Å²) in [5.41, 5.74) is -0.279. The lowest BCUT2D eigenvalue weighted by molar-refractivity contribution is 0.0961. The first kappa shape index (κ1) is 8.89. The quantitative estimate of drug-likeness (QED) is 0.725. The van der Waals surface area contributed by atoms with E-state index in [1.165, 1.54) is 29.0 Å². The number of aromatic nitrogens is 2. The first-order chi connectivity index (χ1) is 6.74. The van der Waals surface area contributed by atoms with E-state index in [2.05, 4.69) is 10.3 Å². The Balaban J connectivity index is 2.74. The van der Waals surface area contributed by atoms with Gasteiger partial charge in [0.05, 0.1) is 0 Å². The van der Waals surface area contributed by atoms with E-state index < -0.39 is 5.91 Å². The van der Waals surface area contributed by atoms with Crippen molar-refractivity contribution in [1.29, 1.82) is 0 Å². The van der Waals surface area contributed by atoms with Crippen molar-refractivity contribution < 1.29 is 4.79 Å². The predicted molar refractivity (Wildman–Crippen MR) is 52.7 cm³/mol. The molecule has 0 aliphatic heterocycles. The maximum Gasteiger partial charge on any atom is 0.271 e. The topological polar surface area (TPSA) is 63.5 Å². The molecule has 1 N–H and O–H groups in total. The van der Waals surface area contributed by atoms with Crippen molar-refractivity contribution in [2.24, 2.45) is 0 Å². The number of carbonyl (C=O) groups is 1. The number of rotatable bonds is 1. The van der Waals surface area contributed by atoms with Crippen molar-refractivity contribution in [3.8, 4) is 0 Å². The molecule has 72 valence electrons. The number of hydrogen-bond donors (Lipinski definition) is 1. The summed E-state index contributed by atoms with van der Waals surface area (Å²) in [5, 5.41) is 4.14. The molecule has 2 rings (SSSR count). The third kappa shape index (κ3) is 1.20. The van der Waals surface area contributed by atoms with Crippen molar-refractivity contribution >= 4 is 22.2 Å². The minimum absolute atomic E-state index is 0.0587. The van der Waals surface area contributed by atoms with Crippen molar-refractivity contribution in [3.63, 3.8) is 0 Å². The van der Waals surface area contributed by atoms with Crippen molar-refractivity contribution in [3.05, 3.63) is 33.7 Å². The Morgan fingerprint density at radius 3 is 3.14 bits per heavy atom. The largest absolute Gasteiger partial charge is 0.355 e. The molecule has 2 aromatic rings. The molecule has 0 atom stereocenters. The predicted octanol–water partition coefficient (Wildman–Crippen LogP) is 0.116. The Labute approximate surface area is 83.0 Å². The maximum atomic E-state index is 11.7. The number of thiazole rings is 1. The number of nitrogens with zero attached hydrogens (tertiary/aromatic N) is 2. The number of nitrogens with one attached hydrogen (secondary N) is 1. The van der Waals surface area contributed by atoms with E-state index in [9.17, 15) is 9.59 Å². The molecule has 0 bridgehead atoms. The van der Waals surface area contributed by atoms with Gasteiger partial charge in [0, 0.05) is 24.8 Å². The maximum absolute atomic E-state index is 11.7. The zero-order chi connectivity index (χ0) is 10.1. The Bertz CT molecular complexity index is 543. The minimum atomic E-state index is -0.414. The van der Waals surface area contributed by atoms with Gasteiger partial charge in [0.2, 0.25) is 0 Å². The normalized spacial score (nSPS) is 10.4. The Morgan fingerprint density at radius 1 is 1.64 bits per heavy atom. The smallest absolute Gasteiger partial charge is 0.271 e. The molecule has 14 heavy (non-hydrogen) atoms. The van der Waals surface area contributed by atoms with Gasteiger partial charge in [-0.2, -0.15) is 0 Å². The van der Waals surface area contributed by atoms with E-state index in [0.29, 0.717) is 4.96 Å². The van der Waals surface area contributed by atoms with Gasteiger partial charge in [-0.15, -0.1) is 11.3 Å². The Morgan fingerprint density at radius 2 is 2.43 bits per heavy atom. The van der Waals surface area contributed by atoms with Gasteiger partial charge < -0.3 is 5.32 Å². The van der Waals surface area contributed by atoms with Crippen LogP contribution in [0.5, 0.6) is 0 Å². The lowest BCUT2D eigenvalue weighted by Crippen LogP contribution is -2.28. The molecule has 2 heterocycles. The molecule has 0 unspecified atom stereocenters. The van der Waals surface area contributed by atoms with E-state index >= 15 is 0 Å². The molecule has 6 heteroatoms. The highest BCUT2D eigenvalue weighted by Gasteiger charge is 2.11. The minimum Gasteiger partial charge on any atom is -0.355 e. The summed E-state index contributed by atoms with van der Waals surface area (Å²) in [5.74, 6) is -0.414. The van der Waals surface area contributed by atoms with Crippen LogP contribution < -0.4 is 10.9 Å². The standard InChI is InChI=1S/C8H7N3O2S/c1-9-6(12)5-4-10-8-11(7(5)13)2-3-14-8/h2-4H,1H3,(H,9,12). The number of amides is 1. The van der Waals surface area contributed by atoms with E-state index in [4.69, 9.17) is 0 Å². The molecule has 0 saturated heterocycles. The second-order valence-corrected chi connectivity index (χ2v) is 3.48. The number of hydrogen-bond acceptors (Lipinski definition) is 4. The lowest BCUT2D eigenvalue weighted by Gasteiger charge is -1.98. The second-order valence-electron chi connectivity index (χ2n) is 2.61. The van der Waals surface area contributed by atoms with Gasteiger partial charge in [0.25, 0.3) is 11.5 Å². The molecule has 0 fully saturated rings. The average Bonchev–Trinajstić information content (AvgIpc) is 2.66. The van der Waals surface area contributed by atoms with Gasteiger partial charge in [-0.05, 0) is 0 Å². The van der Waals surface area contributed by atoms with Crippen LogP contribution in [-0.2, 0) is 0 Å². The second kappa shape index (κ2) is 3.22. The monoisotopic (exact) mass is 209 g/mol. The lowest BCUT2D eigenvalue weighted by atomic mass is 10.3. The first-order valence-corrected chi connectivity index (χ1v) is 4.79. The first-order valence-electron chi connectivity index (χ1n) is 3.91. The highest BCUT2D eigenvalue weighted by atomic mass is 32.1. The fourth-order valence-electron chi connectivity index (χ4n) is 1.12. The third-order valence-corrected chi connectivity index (χ3v) is 2.59. The molecule has 1 amide bonds. The van der Waals surface area contributed by atoms with Crippen LogP contribution in [0.15, 0.2) is 22.6 Å². The van der Waals surface area contributed by atoms with Gasteiger partial charge in [0.1, 0.15) is 5.56 Å². The number of carbonyl (C=O) groups excluding carboxylic acids is 1. The zero-order valence-electron chi connectivity index (χ0n) is 7.35. The summed E-state index contributed by atoms with van der Waals surface area (Å²) in [6.45, 7) is 0. The summed E-state index contributed by atoms with van der Waals surface area (Å²) in [6.07, 6.45) is 2.90. The Hall–Kier alpha value is -1.69. The van der Waals surface area contributed by atoms with E-state index in [-0.39, 0.29) is 11.1 Å². The van der Waals surface area contributed by atoms with Crippen LogP contribution in [0.2, 0.25) is 0 Å². The van der Waals surface area contributed by atoms with Crippen molar-refractivity contribution in [1.82, 2.24) is 14.7 Å². The molecule has 0 radical (unpaired) electrons. The van der Waals surface area contributed by atoms with Crippen LogP contribution in [0.25, 0.3) is 4.96 Å². The Kier molecular flexibility index (Phi) is 2.05. The molecule has 0 saturated carbocycles. The van der Waals surface area contributed by atoms with Gasteiger partial charge >= 0.3 is 0 Å². The van der Waals surface area contributed by atoms with Crippen LogP contribution in [0.1, 0.15) is 10.4 Å². The van der Waals surface area contributed by atoms with E-state index in [1.807, 2.05) is 0 Å². The SMILES string of the molecule is CNC(=O)c1cnc2sccn2c1=O. The van der Waals surface area contributed by atoms with E-state index in [1.54, 1.807) is 11.6 Å². The average molecular weight is 209 g/mol. The molecule has 0 aliphatic rings.